The van der Waals surface area contributed by atoms with E-state index in [0.717, 1.165) is 11.4 Å². The summed E-state index contributed by atoms with van der Waals surface area (Å²) in [6.45, 7) is 4.78. The Morgan fingerprint density at radius 2 is 2.04 bits per heavy atom. The first-order valence-corrected chi connectivity index (χ1v) is 7.56. The molecule has 0 radical (unpaired) electrons. The van der Waals surface area contributed by atoms with Crippen LogP contribution in [0.5, 0.6) is 11.5 Å². The molecule has 1 aliphatic heterocycles. The molecule has 1 aromatic carbocycles. The van der Waals surface area contributed by atoms with Crippen LogP contribution in [-0.2, 0) is 4.79 Å². The van der Waals surface area contributed by atoms with Crippen molar-refractivity contribution in [1.29, 1.82) is 0 Å². The van der Waals surface area contributed by atoms with Crippen molar-refractivity contribution in [2.45, 2.75) is 26.3 Å². The molecule has 0 fully saturated rings. The van der Waals surface area contributed by atoms with Gasteiger partial charge in [-0.3, -0.25) is 4.79 Å². The molecule has 7 heteroatoms. The molecule has 1 aromatic heterocycles. The van der Waals surface area contributed by atoms with Gasteiger partial charge in [0.05, 0.1) is 0 Å². The number of carbonyl (C=O) groups excluding carboxylic acids is 1. The van der Waals surface area contributed by atoms with E-state index in [0.29, 0.717) is 37.0 Å². The van der Waals surface area contributed by atoms with Gasteiger partial charge in [-0.1, -0.05) is 12.1 Å². The van der Waals surface area contributed by atoms with Gasteiger partial charge in [0.2, 0.25) is 5.91 Å². The minimum atomic E-state index is -0.394. The molecule has 0 aliphatic carbocycles. The van der Waals surface area contributed by atoms with Gasteiger partial charge in [-0.25, -0.2) is 0 Å². The molecule has 0 bridgehead atoms. The summed E-state index contributed by atoms with van der Waals surface area (Å²) in [5.74, 6) is 2.29. The number of rotatable bonds is 5. The molecular formula is C16H19N3O4. The van der Waals surface area contributed by atoms with Crippen LogP contribution in [0.1, 0.15) is 19.1 Å². The Morgan fingerprint density at radius 3 is 2.74 bits per heavy atom. The van der Waals surface area contributed by atoms with Gasteiger partial charge in [-0.05, 0) is 25.5 Å². The standard InChI is InChI=1S/C16H19N3O4/c1-3-12(16(20)18-15-8-10(2)23-19-15)17-11-4-5-13-14(9-11)22-7-6-21-13/h4-5,8-9,12,17H,3,6-7H2,1-2H3,(H,18,19,20)/t12-/m1/s1. The van der Waals surface area contributed by atoms with Gasteiger partial charge >= 0.3 is 0 Å². The maximum atomic E-state index is 12.3. The number of anilines is 2. The lowest BCUT2D eigenvalue weighted by molar-refractivity contribution is -0.117. The summed E-state index contributed by atoms with van der Waals surface area (Å²) in [5.41, 5.74) is 0.799. The van der Waals surface area contributed by atoms with Crippen LogP contribution in [0.3, 0.4) is 0 Å². The van der Waals surface area contributed by atoms with Crippen molar-refractivity contribution in [3.05, 3.63) is 30.0 Å². The third-order valence-corrected chi connectivity index (χ3v) is 3.49. The minimum Gasteiger partial charge on any atom is -0.486 e. The van der Waals surface area contributed by atoms with Crippen LogP contribution in [0, 0.1) is 6.92 Å². The second-order valence-corrected chi connectivity index (χ2v) is 5.28. The Kier molecular flexibility index (Phi) is 4.36. The number of fused-ring (bicyclic) bond motifs is 1. The molecule has 122 valence electrons. The molecule has 0 saturated heterocycles. The number of nitrogens with one attached hydrogen (secondary N) is 2. The summed E-state index contributed by atoms with van der Waals surface area (Å²) in [6.07, 6.45) is 0.622. The molecule has 1 aliphatic rings. The van der Waals surface area contributed by atoms with Gasteiger partial charge in [0.15, 0.2) is 17.3 Å². The van der Waals surface area contributed by atoms with E-state index in [-0.39, 0.29) is 5.91 Å². The summed E-state index contributed by atoms with van der Waals surface area (Å²) in [6, 6.07) is 6.82. The number of hydrogen-bond acceptors (Lipinski definition) is 6. The van der Waals surface area contributed by atoms with Gasteiger partial charge in [-0.2, -0.15) is 0 Å². The average molecular weight is 317 g/mol. The van der Waals surface area contributed by atoms with E-state index in [1.807, 2.05) is 25.1 Å². The topological polar surface area (TPSA) is 85.6 Å². The predicted octanol–water partition coefficient (Wildman–Crippen LogP) is 2.58. The van der Waals surface area contributed by atoms with Gasteiger partial charge in [0.25, 0.3) is 0 Å². The lowest BCUT2D eigenvalue weighted by Gasteiger charge is -2.21. The fourth-order valence-corrected chi connectivity index (χ4v) is 2.33. The number of aryl methyl sites for hydroxylation is 1. The number of nitrogens with zero attached hydrogens (tertiary/aromatic N) is 1. The quantitative estimate of drug-likeness (QED) is 0.881. The van der Waals surface area contributed by atoms with Crippen LogP contribution in [0.2, 0.25) is 0 Å². The van der Waals surface area contributed by atoms with Crippen molar-refractivity contribution >= 4 is 17.4 Å². The summed E-state index contributed by atoms with van der Waals surface area (Å²) in [4.78, 5) is 12.3. The van der Waals surface area contributed by atoms with Crippen LogP contribution in [-0.4, -0.2) is 30.3 Å². The molecule has 2 heterocycles. The van der Waals surface area contributed by atoms with Gasteiger partial charge in [-0.15, -0.1) is 0 Å². The number of carbonyl (C=O) groups is 1. The Balaban J connectivity index is 1.67. The highest BCUT2D eigenvalue weighted by Gasteiger charge is 2.19. The molecule has 23 heavy (non-hydrogen) atoms. The van der Waals surface area contributed by atoms with E-state index >= 15 is 0 Å². The van der Waals surface area contributed by atoms with Crippen molar-refractivity contribution in [3.8, 4) is 11.5 Å². The van der Waals surface area contributed by atoms with E-state index < -0.39 is 6.04 Å². The third-order valence-electron chi connectivity index (χ3n) is 3.49. The molecule has 3 rings (SSSR count). The molecule has 0 unspecified atom stereocenters. The predicted molar refractivity (Wildman–Crippen MR) is 85.0 cm³/mol. The number of aromatic nitrogens is 1. The maximum absolute atomic E-state index is 12.3. The number of hydrogen-bond donors (Lipinski definition) is 2. The van der Waals surface area contributed by atoms with Crippen LogP contribution >= 0.6 is 0 Å². The van der Waals surface area contributed by atoms with Crippen molar-refractivity contribution in [1.82, 2.24) is 5.16 Å². The van der Waals surface area contributed by atoms with Crippen molar-refractivity contribution in [2.24, 2.45) is 0 Å². The normalized spacial score (nSPS) is 14.2. The summed E-state index contributed by atoms with van der Waals surface area (Å²) in [5, 5.41) is 9.70. The van der Waals surface area contributed by atoms with Gasteiger partial charge < -0.3 is 24.6 Å². The largest absolute Gasteiger partial charge is 0.486 e. The zero-order chi connectivity index (χ0) is 16.2. The van der Waals surface area contributed by atoms with Crippen LogP contribution in [0.25, 0.3) is 0 Å². The minimum absolute atomic E-state index is 0.171. The Labute approximate surface area is 133 Å². The third kappa shape index (κ3) is 3.56. The number of amides is 1. The van der Waals surface area contributed by atoms with Gasteiger partial charge in [0, 0.05) is 17.8 Å². The zero-order valence-electron chi connectivity index (χ0n) is 13.1. The first kappa shape index (κ1) is 15.2. The number of benzene rings is 1. The maximum Gasteiger partial charge on any atom is 0.248 e. The Morgan fingerprint density at radius 1 is 1.26 bits per heavy atom. The highest BCUT2D eigenvalue weighted by atomic mass is 16.6. The lowest BCUT2D eigenvalue weighted by atomic mass is 10.2. The second kappa shape index (κ2) is 6.60. The van der Waals surface area contributed by atoms with E-state index in [9.17, 15) is 4.79 Å². The molecular weight excluding hydrogens is 298 g/mol. The lowest BCUT2D eigenvalue weighted by Crippen LogP contribution is -2.34. The molecule has 1 amide bonds. The Hall–Kier alpha value is -2.70. The zero-order valence-corrected chi connectivity index (χ0v) is 13.1. The molecule has 2 aromatic rings. The molecule has 0 spiro atoms. The van der Waals surface area contributed by atoms with E-state index in [4.69, 9.17) is 14.0 Å². The van der Waals surface area contributed by atoms with E-state index in [1.165, 1.54) is 0 Å². The van der Waals surface area contributed by atoms with E-state index in [1.54, 1.807) is 13.0 Å². The van der Waals surface area contributed by atoms with Crippen LogP contribution in [0.4, 0.5) is 11.5 Å². The van der Waals surface area contributed by atoms with Crippen molar-refractivity contribution in [2.75, 3.05) is 23.8 Å². The monoisotopic (exact) mass is 317 g/mol. The van der Waals surface area contributed by atoms with Crippen LogP contribution in [0.15, 0.2) is 28.8 Å². The SMILES string of the molecule is CC[C@@H](Nc1ccc2c(c1)OCCO2)C(=O)Nc1cc(C)on1. The molecule has 7 nitrogen and oxygen atoms in total. The smallest absolute Gasteiger partial charge is 0.248 e. The molecule has 2 N–H and O–H groups in total. The first-order valence-electron chi connectivity index (χ1n) is 7.56. The fraction of sp³-hybridized carbons (Fsp3) is 0.375. The van der Waals surface area contributed by atoms with Crippen molar-refractivity contribution in [3.63, 3.8) is 0 Å². The molecule has 0 saturated carbocycles. The van der Waals surface area contributed by atoms with Crippen LogP contribution < -0.4 is 20.1 Å². The average Bonchev–Trinajstić information content (AvgIpc) is 2.97. The summed E-state index contributed by atoms with van der Waals surface area (Å²) >= 11 is 0. The van der Waals surface area contributed by atoms with E-state index in [2.05, 4.69) is 15.8 Å². The van der Waals surface area contributed by atoms with Gasteiger partial charge in [0.1, 0.15) is 25.0 Å². The highest BCUT2D eigenvalue weighted by molar-refractivity contribution is 5.95. The Bertz CT molecular complexity index is 698. The first-order chi connectivity index (χ1) is 11.2. The molecule has 1 atom stereocenters. The highest BCUT2D eigenvalue weighted by Crippen LogP contribution is 2.32. The van der Waals surface area contributed by atoms with Crippen molar-refractivity contribution < 1.29 is 18.8 Å². The second-order valence-electron chi connectivity index (χ2n) is 5.28. The number of ether oxygens (including phenoxy) is 2. The summed E-state index contributed by atoms with van der Waals surface area (Å²) in [7, 11) is 0. The summed E-state index contributed by atoms with van der Waals surface area (Å²) < 4.78 is 16.0. The fourth-order valence-electron chi connectivity index (χ4n) is 2.33.